The molecule has 6 nitrogen and oxygen atoms in total. The molecule has 150 valence electrons. The van der Waals surface area contributed by atoms with E-state index in [1.165, 1.54) is 0 Å². The second-order valence-electron chi connectivity index (χ2n) is 7.16. The van der Waals surface area contributed by atoms with Gasteiger partial charge in [-0.15, -0.1) is 0 Å². The smallest absolute Gasteiger partial charge is 0.253 e. The van der Waals surface area contributed by atoms with Gasteiger partial charge in [-0.2, -0.15) is 0 Å². The lowest BCUT2D eigenvalue weighted by Gasteiger charge is -2.34. The van der Waals surface area contributed by atoms with E-state index >= 15 is 0 Å². The van der Waals surface area contributed by atoms with E-state index in [9.17, 15) is 9.59 Å². The van der Waals surface area contributed by atoms with Crippen LogP contribution in [0.2, 0.25) is 0 Å². The predicted molar refractivity (Wildman–Crippen MR) is 110 cm³/mol. The van der Waals surface area contributed by atoms with Gasteiger partial charge in [-0.1, -0.05) is 30.3 Å². The number of hydrogen-bond acceptors (Lipinski definition) is 5. The third-order valence-electron chi connectivity index (χ3n) is 5.21. The first kappa shape index (κ1) is 19.2. The summed E-state index contributed by atoms with van der Waals surface area (Å²) in [5, 5.41) is 0. The number of carbonyl (C=O) groups is 2. The second kappa shape index (κ2) is 8.92. The number of benzene rings is 2. The highest BCUT2D eigenvalue weighted by Gasteiger charge is 2.22. The van der Waals surface area contributed by atoms with E-state index in [1.807, 2.05) is 53.4 Å². The topological polar surface area (TPSA) is 59.1 Å². The Hall–Kier alpha value is -3.12. The van der Waals surface area contributed by atoms with Crippen LogP contribution in [-0.4, -0.2) is 61.0 Å². The van der Waals surface area contributed by atoms with Crippen LogP contribution in [0.15, 0.2) is 54.6 Å². The molecule has 2 heterocycles. The fraction of sp³-hybridized carbons (Fsp3) is 0.304. The van der Waals surface area contributed by atoms with Gasteiger partial charge < -0.3 is 14.4 Å². The number of hydrogen-bond donors (Lipinski definition) is 0. The quantitative estimate of drug-likeness (QED) is 0.708. The van der Waals surface area contributed by atoms with Crippen molar-refractivity contribution in [3.05, 3.63) is 65.7 Å². The largest absolute Gasteiger partial charge is 0.454 e. The van der Waals surface area contributed by atoms with E-state index in [2.05, 4.69) is 4.90 Å². The van der Waals surface area contributed by atoms with Crippen molar-refractivity contribution in [3.63, 3.8) is 0 Å². The monoisotopic (exact) mass is 392 g/mol. The maximum Gasteiger partial charge on any atom is 0.253 e. The van der Waals surface area contributed by atoms with Crippen molar-refractivity contribution in [1.82, 2.24) is 9.80 Å². The van der Waals surface area contributed by atoms with E-state index < -0.39 is 0 Å². The fourth-order valence-corrected chi connectivity index (χ4v) is 3.50. The van der Waals surface area contributed by atoms with Crippen molar-refractivity contribution in [1.29, 1.82) is 0 Å². The first-order chi connectivity index (χ1) is 14.2. The maximum absolute atomic E-state index is 12.5. The van der Waals surface area contributed by atoms with Gasteiger partial charge in [-0.05, 0) is 35.9 Å². The first-order valence-corrected chi connectivity index (χ1v) is 9.86. The second-order valence-corrected chi connectivity index (χ2v) is 7.16. The summed E-state index contributed by atoms with van der Waals surface area (Å²) in [6.45, 7) is 3.91. The van der Waals surface area contributed by atoms with Gasteiger partial charge in [0.25, 0.3) is 5.91 Å². The number of rotatable bonds is 6. The number of fused-ring (bicyclic) bond motifs is 1. The minimum absolute atomic E-state index is 0.0768. The molecule has 0 aromatic heterocycles. The number of allylic oxidation sites excluding steroid dienone is 1. The summed E-state index contributed by atoms with van der Waals surface area (Å²) in [7, 11) is 0. The molecule has 2 aliphatic heterocycles. The number of amides is 1. The highest BCUT2D eigenvalue weighted by atomic mass is 16.7. The molecule has 4 rings (SSSR count). The molecule has 2 aromatic carbocycles. The van der Waals surface area contributed by atoms with E-state index in [4.69, 9.17) is 9.47 Å². The lowest BCUT2D eigenvalue weighted by atomic mass is 10.1. The van der Waals surface area contributed by atoms with Crippen molar-refractivity contribution in [2.24, 2.45) is 0 Å². The Labute approximate surface area is 170 Å². The Morgan fingerprint density at radius 1 is 0.931 bits per heavy atom. The maximum atomic E-state index is 12.5. The highest BCUT2D eigenvalue weighted by Crippen LogP contribution is 2.32. The van der Waals surface area contributed by atoms with E-state index in [1.54, 1.807) is 12.2 Å². The predicted octanol–water partition coefficient (Wildman–Crippen LogP) is 2.85. The third-order valence-corrected chi connectivity index (χ3v) is 5.21. The zero-order valence-corrected chi connectivity index (χ0v) is 16.3. The SMILES string of the molecule is O=C(C=Cc1ccc2c(c1)OCO2)CCN1CCN(C(=O)c2ccccc2)CC1. The Morgan fingerprint density at radius 2 is 1.69 bits per heavy atom. The molecule has 0 unspecified atom stereocenters. The number of nitrogens with zero attached hydrogens (tertiary/aromatic N) is 2. The van der Waals surface area contributed by atoms with Crippen molar-refractivity contribution in [2.45, 2.75) is 6.42 Å². The molecule has 0 spiro atoms. The molecule has 6 heteroatoms. The van der Waals surface area contributed by atoms with Crippen molar-refractivity contribution < 1.29 is 19.1 Å². The Morgan fingerprint density at radius 3 is 2.48 bits per heavy atom. The Kier molecular flexibility index (Phi) is 5.91. The normalized spacial score (nSPS) is 16.3. The standard InChI is InChI=1S/C23H24N2O4/c26-20(8-6-18-7-9-21-22(16-18)29-17-28-21)10-11-24-12-14-25(15-13-24)23(27)19-4-2-1-3-5-19/h1-9,16H,10-15,17H2. The van der Waals surface area contributed by atoms with Gasteiger partial charge in [0, 0.05) is 44.7 Å². The van der Waals surface area contributed by atoms with Crippen LogP contribution in [0.3, 0.4) is 0 Å². The number of ketones is 1. The first-order valence-electron chi connectivity index (χ1n) is 9.86. The average Bonchev–Trinajstić information content (AvgIpc) is 3.24. The van der Waals surface area contributed by atoms with Crippen LogP contribution in [0.1, 0.15) is 22.3 Å². The van der Waals surface area contributed by atoms with Crippen molar-refractivity contribution in [2.75, 3.05) is 39.5 Å². The van der Waals surface area contributed by atoms with Crippen LogP contribution >= 0.6 is 0 Å². The van der Waals surface area contributed by atoms with Crippen molar-refractivity contribution in [3.8, 4) is 11.5 Å². The van der Waals surface area contributed by atoms with Crippen molar-refractivity contribution >= 4 is 17.8 Å². The van der Waals surface area contributed by atoms with Gasteiger partial charge in [0.2, 0.25) is 6.79 Å². The molecule has 1 fully saturated rings. The van der Waals surface area contributed by atoms with E-state index in [0.717, 1.165) is 30.0 Å². The summed E-state index contributed by atoms with van der Waals surface area (Å²) in [5.74, 6) is 1.61. The molecule has 0 bridgehead atoms. The molecule has 29 heavy (non-hydrogen) atoms. The molecule has 0 saturated carbocycles. The molecule has 0 atom stereocenters. The third kappa shape index (κ3) is 4.84. The summed E-state index contributed by atoms with van der Waals surface area (Å²) in [5.41, 5.74) is 1.64. The van der Waals surface area contributed by atoms with Gasteiger partial charge in [-0.3, -0.25) is 14.5 Å². The van der Waals surface area contributed by atoms with Crippen LogP contribution in [0, 0.1) is 0 Å². The summed E-state index contributed by atoms with van der Waals surface area (Å²) >= 11 is 0. The van der Waals surface area contributed by atoms with Gasteiger partial charge >= 0.3 is 0 Å². The van der Waals surface area contributed by atoms with Crippen LogP contribution in [0.5, 0.6) is 11.5 Å². The lowest BCUT2D eigenvalue weighted by Crippen LogP contribution is -2.49. The molecule has 0 radical (unpaired) electrons. The van der Waals surface area contributed by atoms with Gasteiger partial charge in [0.05, 0.1) is 0 Å². The lowest BCUT2D eigenvalue weighted by molar-refractivity contribution is -0.114. The van der Waals surface area contributed by atoms with E-state index in [0.29, 0.717) is 31.8 Å². The Balaban J connectivity index is 1.21. The molecule has 0 N–H and O–H groups in total. The van der Waals surface area contributed by atoms with Gasteiger partial charge in [0.1, 0.15) is 0 Å². The molecular formula is C23H24N2O4. The van der Waals surface area contributed by atoms with Crippen LogP contribution < -0.4 is 9.47 Å². The molecule has 1 saturated heterocycles. The molecule has 1 amide bonds. The zero-order chi connectivity index (χ0) is 20.1. The minimum atomic E-state index is 0.0768. The minimum Gasteiger partial charge on any atom is -0.454 e. The zero-order valence-electron chi connectivity index (χ0n) is 16.3. The summed E-state index contributed by atoms with van der Waals surface area (Å²) in [4.78, 5) is 28.8. The number of carbonyl (C=O) groups excluding carboxylic acids is 2. The number of ether oxygens (including phenoxy) is 2. The fourth-order valence-electron chi connectivity index (χ4n) is 3.50. The molecule has 0 aliphatic carbocycles. The molecule has 2 aliphatic rings. The number of piperazine rings is 1. The molecular weight excluding hydrogens is 368 g/mol. The Bertz CT molecular complexity index is 902. The van der Waals surface area contributed by atoms with Gasteiger partial charge in [-0.25, -0.2) is 0 Å². The highest BCUT2D eigenvalue weighted by molar-refractivity contribution is 5.94. The summed E-state index contributed by atoms with van der Waals surface area (Å²) in [6.07, 6.45) is 3.89. The molecule has 2 aromatic rings. The summed E-state index contributed by atoms with van der Waals surface area (Å²) < 4.78 is 10.6. The van der Waals surface area contributed by atoms with Crippen LogP contribution in [-0.2, 0) is 4.79 Å². The van der Waals surface area contributed by atoms with E-state index in [-0.39, 0.29) is 18.5 Å². The van der Waals surface area contributed by atoms with Crippen LogP contribution in [0.25, 0.3) is 6.08 Å². The summed E-state index contributed by atoms with van der Waals surface area (Å²) in [6, 6.07) is 15.0. The average molecular weight is 392 g/mol. The van der Waals surface area contributed by atoms with Gasteiger partial charge in [0.15, 0.2) is 17.3 Å². The van der Waals surface area contributed by atoms with Crippen LogP contribution in [0.4, 0.5) is 0 Å².